The van der Waals surface area contributed by atoms with Crippen molar-refractivity contribution >= 4 is 0 Å². The molecule has 5 atom stereocenters. The topological polar surface area (TPSA) is 55.4 Å². The van der Waals surface area contributed by atoms with Crippen molar-refractivity contribution in [1.82, 2.24) is 0 Å². The molecular formula is C17H30O6. The van der Waals surface area contributed by atoms with Gasteiger partial charge in [0.05, 0.1) is 6.61 Å². The van der Waals surface area contributed by atoms with Gasteiger partial charge in [0.2, 0.25) is 0 Å². The van der Waals surface area contributed by atoms with Gasteiger partial charge >= 0.3 is 0 Å². The Labute approximate surface area is 138 Å². The van der Waals surface area contributed by atoms with Crippen LogP contribution in [0, 0.1) is 5.92 Å². The van der Waals surface area contributed by atoms with Crippen LogP contribution in [0.3, 0.4) is 0 Å². The van der Waals surface area contributed by atoms with E-state index in [1.807, 2.05) is 27.7 Å². The Hall–Kier alpha value is -0.240. The summed E-state index contributed by atoms with van der Waals surface area (Å²) in [7, 11) is 0. The number of ether oxygens (including phenoxy) is 6. The minimum absolute atomic E-state index is 0.171. The highest BCUT2D eigenvalue weighted by molar-refractivity contribution is 4.98. The molecule has 0 aliphatic carbocycles. The van der Waals surface area contributed by atoms with Crippen LogP contribution in [0.4, 0.5) is 0 Å². The lowest BCUT2D eigenvalue weighted by Crippen LogP contribution is -2.44. The van der Waals surface area contributed by atoms with E-state index < -0.39 is 17.9 Å². The molecule has 3 aliphatic rings. The van der Waals surface area contributed by atoms with Crippen molar-refractivity contribution in [3.63, 3.8) is 0 Å². The number of fused-ring (bicyclic) bond motifs is 1. The summed E-state index contributed by atoms with van der Waals surface area (Å²) in [6.07, 6.45) is -0.257. The Bertz CT molecular complexity index is 421. The van der Waals surface area contributed by atoms with Crippen LogP contribution in [0.25, 0.3) is 0 Å². The van der Waals surface area contributed by atoms with Crippen molar-refractivity contribution in [2.24, 2.45) is 5.92 Å². The molecule has 6 heteroatoms. The first kappa shape index (κ1) is 17.6. The maximum absolute atomic E-state index is 6.15. The third-order valence-electron chi connectivity index (χ3n) is 4.43. The van der Waals surface area contributed by atoms with Crippen LogP contribution in [0.15, 0.2) is 0 Å². The van der Waals surface area contributed by atoms with Crippen LogP contribution >= 0.6 is 0 Å². The third-order valence-corrected chi connectivity index (χ3v) is 4.43. The van der Waals surface area contributed by atoms with E-state index >= 15 is 0 Å². The van der Waals surface area contributed by atoms with Crippen LogP contribution in [-0.4, -0.2) is 55.5 Å². The molecule has 3 aliphatic heterocycles. The Morgan fingerprint density at radius 2 is 1.74 bits per heavy atom. The van der Waals surface area contributed by atoms with Crippen LogP contribution in [0.1, 0.15) is 48.0 Å². The fraction of sp³-hybridized carbons (Fsp3) is 1.00. The highest BCUT2D eigenvalue weighted by Crippen LogP contribution is 2.41. The zero-order chi connectivity index (χ0) is 16.8. The predicted molar refractivity (Wildman–Crippen MR) is 82.8 cm³/mol. The fourth-order valence-electron chi connectivity index (χ4n) is 3.31. The van der Waals surface area contributed by atoms with Gasteiger partial charge < -0.3 is 28.4 Å². The molecule has 0 N–H and O–H groups in total. The van der Waals surface area contributed by atoms with Crippen molar-refractivity contribution in [2.75, 3.05) is 13.2 Å². The number of hydrogen-bond donors (Lipinski definition) is 0. The average Bonchev–Trinajstić information content (AvgIpc) is 3.00. The van der Waals surface area contributed by atoms with E-state index in [2.05, 4.69) is 13.8 Å². The zero-order valence-electron chi connectivity index (χ0n) is 15.0. The summed E-state index contributed by atoms with van der Waals surface area (Å²) in [5.74, 6) is -0.643. The standard InChI is InChI=1S/C17H30O6/c1-10(2)7-8-18-13-12(11-9-19-16(3,4)21-11)20-15-14(13)22-17(5,6)23-15/h10-15H,7-9H2,1-6H3/t11-,12+,13-,14+,15+/m0/s1. The average molecular weight is 330 g/mol. The van der Waals surface area contributed by atoms with Crippen LogP contribution in [-0.2, 0) is 28.4 Å². The highest BCUT2D eigenvalue weighted by atomic mass is 16.8. The van der Waals surface area contributed by atoms with Gasteiger partial charge in [-0.3, -0.25) is 0 Å². The molecule has 0 aromatic carbocycles. The van der Waals surface area contributed by atoms with E-state index in [1.165, 1.54) is 0 Å². The Morgan fingerprint density at radius 1 is 1.00 bits per heavy atom. The first-order valence-corrected chi connectivity index (χ1v) is 8.61. The molecule has 3 saturated heterocycles. The summed E-state index contributed by atoms with van der Waals surface area (Å²) < 4.78 is 35.8. The van der Waals surface area contributed by atoms with E-state index in [9.17, 15) is 0 Å². The van der Waals surface area contributed by atoms with Gasteiger partial charge in [-0.25, -0.2) is 0 Å². The molecule has 0 aromatic rings. The third kappa shape index (κ3) is 3.89. The molecule has 0 radical (unpaired) electrons. The molecule has 3 heterocycles. The van der Waals surface area contributed by atoms with E-state index in [-0.39, 0.29) is 24.4 Å². The number of rotatable bonds is 5. The maximum atomic E-state index is 6.15. The Kier molecular flexibility index (Phi) is 4.77. The molecular weight excluding hydrogens is 300 g/mol. The monoisotopic (exact) mass is 330 g/mol. The molecule has 0 amide bonds. The van der Waals surface area contributed by atoms with E-state index in [0.29, 0.717) is 19.1 Å². The summed E-state index contributed by atoms with van der Waals surface area (Å²) in [5, 5.41) is 0. The van der Waals surface area contributed by atoms with Gasteiger partial charge in [-0.05, 0) is 40.0 Å². The van der Waals surface area contributed by atoms with Crippen LogP contribution in [0.5, 0.6) is 0 Å². The SMILES string of the molecule is CC(C)CCO[C@@H]1[C@H]2OC(C)(C)O[C@H]2O[C@@H]1[C@@H]1COC(C)(C)O1. The zero-order valence-corrected chi connectivity index (χ0v) is 15.0. The summed E-state index contributed by atoms with van der Waals surface area (Å²) in [4.78, 5) is 0. The molecule has 6 nitrogen and oxygen atoms in total. The van der Waals surface area contributed by atoms with E-state index in [0.717, 1.165) is 6.42 Å². The second-order valence-electron chi connectivity index (χ2n) is 7.95. The smallest absolute Gasteiger partial charge is 0.190 e. The largest absolute Gasteiger partial charge is 0.372 e. The van der Waals surface area contributed by atoms with Gasteiger partial charge in [0.15, 0.2) is 17.9 Å². The van der Waals surface area contributed by atoms with E-state index in [1.54, 1.807) is 0 Å². The lowest BCUT2D eigenvalue weighted by Gasteiger charge is -2.29. The molecule has 134 valence electrons. The van der Waals surface area contributed by atoms with Gasteiger partial charge in [-0.2, -0.15) is 0 Å². The first-order chi connectivity index (χ1) is 10.7. The van der Waals surface area contributed by atoms with Crippen molar-refractivity contribution in [2.45, 2.75) is 90.2 Å². The van der Waals surface area contributed by atoms with Crippen molar-refractivity contribution < 1.29 is 28.4 Å². The molecule has 0 unspecified atom stereocenters. The number of hydrogen-bond acceptors (Lipinski definition) is 6. The second kappa shape index (κ2) is 6.24. The molecule has 0 saturated carbocycles. The first-order valence-electron chi connectivity index (χ1n) is 8.61. The quantitative estimate of drug-likeness (QED) is 0.772. The van der Waals surface area contributed by atoms with Gasteiger partial charge in [0, 0.05) is 6.61 Å². The molecule has 0 spiro atoms. The second-order valence-corrected chi connectivity index (χ2v) is 7.95. The van der Waals surface area contributed by atoms with E-state index in [4.69, 9.17) is 28.4 Å². The van der Waals surface area contributed by atoms with Crippen molar-refractivity contribution in [3.05, 3.63) is 0 Å². The fourth-order valence-corrected chi connectivity index (χ4v) is 3.31. The van der Waals surface area contributed by atoms with Crippen molar-refractivity contribution in [3.8, 4) is 0 Å². The summed E-state index contributed by atoms with van der Waals surface area (Å²) >= 11 is 0. The highest BCUT2D eigenvalue weighted by Gasteiger charge is 2.58. The molecule has 3 rings (SSSR count). The minimum Gasteiger partial charge on any atom is -0.372 e. The lowest BCUT2D eigenvalue weighted by molar-refractivity contribution is -0.236. The normalized spacial score (nSPS) is 41.6. The lowest BCUT2D eigenvalue weighted by atomic mass is 10.1. The van der Waals surface area contributed by atoms with Crippen molar-refractivity contribution in [1.29, 1.82) is 0 Å². The predicted octanol–water partition coefficient (Wildman–Crippen LogP) is 2.45. The molecule has 0 aromatic heterocycles. The Morgan fingerprint density at radius 3 is 2.35 bits per heavy atom. The van der Waals surface area contributed by atoms with Gasteiger partial charge in [-0.15, -0.1) is 0 Å². The summed E-state index contributed by atoms with van der Waals surface area (Å²) in [5.41, 5.74) is 0. The van der Waals surface area contributed by atoms with Gasteiger partial charge in [0.1, 0.15) is 24.4 Å². The van der Waals surface area contributed by atoms with Crippen LogP contribution in [0.2, 0.25) is 0 Å². The summed E-state index contributed by atoms with van der Waals surface area (Å²) in [6.45, 7) is 13.1. The molecule has 0 bridgehead atoms. The molecule has 23 heavy (non-hydrogen) atoms. The van der Waals surface area contributed by atoms with Gasteiger partial charge in [-0.1, -0.05) is 13.8 Å². The molecule has 3 fully saturated rings. The minimum atomic E-state index is -0.647. The van der Waals surface area contributed by atoms with Crippen LogP contribution < -0.4 is 0 Å². The summed E-state index contributed by atoms with van der Waals surface area (Å²) in [6, 6.07) is 0. The van der Waals surface area contributed by atoms with Gasteiger partial charge in [0.25, 0.3) is 0 Å². The maximum Gasteiger partial charge on any atom is 0.190 e. The Balaban J connectivity index is 1.68.